The Labute approximate surface area is 126 Å². The van der Waals surface area contributed by atoms with Gasteiger partial charge in [-0.3, -0.25) is 19.3 Å². The quantitative estimate of drug-likeness (QED) is 0.594. The Morgan fingerprint density at radius 1 is 1.32 bits per heavy atom. The average molecular weight is 303 g/mol. The summed E-state index contributed by atoms with van der Waals surface area (Å²) in [5.74, 6) is -0.404. The number of aromatic nitrogens is 2. The Morgan fingerprint density at radius 2 is 2.05 bits per heavy atom. The van der Waals surface area contributed by atoms with Gasteiger partial charge in [0.15, 0.2) is 0 Å². The number of rotatable bonds is 6. The smallest absolute Gasteiger partial charge is 0.331 e. The second-order valence-corrected chi connectivity index (χ2v) is 4.60. The first-order valence-corrected chi connectivity index (χ1v) is 6.72. The van der Waals surface area contributed by atoms with Gasteiger partial charge in [-0.05, 0) is 5.56 Å². The topological polar surface area (TPSA) is 96.7 Å². The van der Waals surface area contributed by atoms with Crippen molar-refractivity contribution < 1.29 is 9.84 Å². The van der Waals surface area contributed by atoms with Gasteiger partial charge in [0, 0.05) is 13.3 Å². The summed E-state index contributed by atoms with van der Waals surface area (Å²) in [7, 11) is 1.54. The van der Waals surface area contributed by atoms with E-state index in [0.717, 1.165) is 10.1 Å². The second kappa shape index (κ2) is 7.37. The second-order valence-electron chi connectivity index (χ2n) is 4.60. The monoisotopic (exact) mass is 303 g/mol. The van der Waals surface area contributed by atoms with E-state index in [1.165, 1.54) is 6.21 Å². The number of aromatic amines is 1. The molecule has 0 radical (unpaired) electrons. The normalized spacial score (nSPS) is 11.1. The molecular formula is C15H17N3O4. The maximum atomic E-state index is 11.9. The number of hydrogen-bond donors (Lipinski definition) is 2. The summed E-state index contributed by atoms with van der Waals surface area (Å²) >= 11 is 0. The fourth-order valence-electron chi connectivity index (χ4n) is 1.90. The van der Waals surface area contributed by atoms with Gasteiger partial charge < -0.3 is 9.84 Å². The SMILES string of the molecule is COCCN=Cc1c(O)n(Cc2ccccc2)c(=O)[nH]c1=O. The molecule has 0 aliphatic carbocycles. The molecule has 2 aromatic rings. The molecule has 0 saturated heterocycles. The molecule has 1 aromatic heterocycles. The standard InChI is InChI=1S/C15H17N3O4/c1-22-8-7-16-9-12-13(19)17-15(21)18(14(12)20)10-11-5-3-2-4-6-11/h2-6,9,20H,7-8,10H2,1H3,(H,17,19,21). The van der Waals surface area contributed by atoms with Crippen LogP contribution in [0.5, 0.6) is 5.88 Å². The average Bonchev–Trinajstić information content (AvgIpc) is 2.51. The first-order valence-electron chi connectivity index (χ1n) is 6.72. The van der Waals surface area contributed by atoms with Crippen LogP contribution < -0.4 is 11.2 Å². The highest BCUT2D eigenvalue weighted by molar-refractivity contribution is 5.81. The van der Waals surface area contributed by atoms with E-state index >= 15 is 0 Å². The van der Waals surface area contributed by atoms with Gasteiger partial charge in [-0.15, -0.1) is 0 Å². The summed E-state index contributed by atoms with van der Waals surface area (Å²) < 4.78 is 5.94. The molecule has 0 fully saturated rings. The van der Waals surface area contributed by atoms with Crippen LogP contribution in [0.15, 0.2) is 44.9 Å². The maximum absolute atomic E-state index is 11.9. The Balaban J connectivity index is 2.36. The Kier molecular flexibility index (Phi) is 5.26. The van der Waals surface area contributed by atoms with Gasteiger partial charge >= 0.3 is 5.69 Å². The number of hydrogen-bond acceptors (Lipinski definition) is 5. The number of ether oxygens (including phenoxy) is 1. The van der Waals surface area contributed by atoms with Crippen LogP contribution in [0.4, 0.5) is 0 Å². The highest BCUT2D eigenvalue weighted by Gasteiger charge is 2.12. The van der Waals surface area contributed by atoms with Gasteiger partial charge in [-0.2, -0.15) is 0 Å². The molecule has 0 aliphatic rings. The summed E-state index contributed by atoms with van der Waals surface area (Å²) in [6.07, 6.45) is 1.24. The lowest BCUT2D eigenvalue weighted by atomic mass is 10.2. The van der Waals surface area contributed by atoms with Crippen LogP contribution in [0.2, 0.25) is 0 Å². The first kappa shape index (κ1) is 15.7. The van der Waals surface area contributed by atoms with Crippen LogP contribution >= 0.6 is 0 Å². The predicted molar refractivity (Wildman–Crippen MR) is 82.9 cm³/mol. The first-order chi connectivity index (χ1) is 10.6. The van der Waals surface area contributed by atoms with Crippen LogP contribution in [-0.2, 0) is 11.3 Å². The molecule has 0 unspecified atom stereocenters. The minimum atomic E-state index is -0.673. The minimum absolute atomic E-state index is 0.0494. The molecule has 7 heteroatoms. The van der Waals surface area contributed by atoms with Crippen LogP contribution in [0, 0.1) is 0 Å². The molecule has 22 heavy (non-hydrogen) atoms. The molecule has 116 valence electrons. The lowest BCUT2D eigenvalue weighted by molar-refractivity contribution is 0.208. The third-order valence-electron chi connectivity index (χ3n) is 3.04. The molecule has 0 amide bonds. The van der Waals surface area contributed by atoms with Crippen molar-refractivity contribution in [2.45, 2.75) is 6.54 Å². The van der Waals surface area contributed by atoms with Crippen molar-refractivity contribution in [2.75, 3.05) is 20.3 Å². The van der Waals surface area contributed by atoms with Crippen molar-refractivity contribution in [1.29, 1.82) is 0 Å². The van der Waals surface area contributed by atoms with Crippen molar-refractivity contribution in [3.63, 3.8) is 0 Å². The van der Waals surface area contributed by atoms with Crippen molar-refractivity contribution >= 4 is 6.21 Å². The van der Waals surface area contributed by atoms with Crippen LogP contribution in [0.1, 0.15) is 11.1 Å². The van der Waals surface area contributed by atoms with Gasteiger partial charge in [0.1, 0.15) is 5.56 Å². The molecule has 0 bridgehead atoms. The number of H-pyrrole nitrogens is 1. The number of nitrogens with one attached hydrogen (secondary N) is 1. The number of benzene rings is 1. The van der Waals surface area contributed by atoms with Crippen molar-refractivity contribution in [3.05, 3.63) is 62.3 Å². The molecule has 0 spiro atoms. The third-order valence-corrected chi connectivity index (χ3v) is 3.04. The van der Waals surface area contributed by atoms with E-state index in [1.807, 2.05) is 30.3 Å². The fourth-order valence-corrected chi connectivity index (χ4v) is 1.90. The molecule has 2 rings (SSSR count). The summed E-state index contributed by atoms with van der Waals surface area (Å²) in [6.45, 7) is 0.910. The molecular weight excluding hydrogens is 286 g/mol. The van der Waals surface area contributed by atoms with Crippen LogP contribution in [0.3, 0.4) is 0 Å². The van der Waals surface area contributed by atoms with E-state index in [9.17, 15) is 14.7 Å². The van der Waals surface area contributed by atoms with Crippen LogP contribution in [-0.4, -0.2) is 41.1 Å². The van der Waals surface area contributed by atoms with E-state index in [0.29, 0.717) is 13.2 Å². The number of nitrogens with zero attached hydrogens (tertiary/aromatic N) is 2. The van der Waals surface area contributed by atoms with Gasteiger partial charge in [0.05, 0.1) is 19.7 Å². The summed E-state index contributed by atoms with van der Waals surface area (Å²) in [6, 6.07) is 9.16. The lowest BCUT2D eigenvalue weighted by Gasteiger charge is -2.09. The zero-order valence-corrected chi connectivity index (χ0v) is 12.2. The Hall–Kier alpha value is -2.67. The summed E-state index contributed by atoms with van der Waals surface area (Å²) in [4.78, 5) is 29.8. The van der Waals surface area contributed by atoms with E-state index in [1.54, 1.807) is 7.11 Å². The highest BCUT2D eigenvalue weighted by atomic mass is 16.5. The number of methoxy groups -OCH3 is 1. The van der Waals surface area contributed by atoms with Crippen molar-refractivity contribution in [1.82, 2.24) is 9.55 Å². The zero-order valence-electron chi connectivity index (χ0n) is 12.2. The molecule has 1 heterocycles. The van der Waals surface area contributed by atoms with E-state index in [4.69, 9.17) is 4.74 Å². The van der Waals surface area contributed by atoms with Gasteiger partial charge in [0.2, 0.25) is 5.88 Å². The van der Waals surface area contributed by atoms with E-state index < -0.39 is 17.1 Å². The summed E-state index contributed by atoms with van der Waals surface area (Å²) in [5.41, 5.74) is -0.561. The van der Waals surface area contributed by atoms with Crippen molar-refractivity contribution in [3.8, 4) is 5.88 Å². The summed E-state index contributed by atoms with van der Waals surface area (Å²) in [5, 5.41) is 10.2. The molecule has 7 nitrogen and oxygen atoms in total. The Bertz CT molecular complexity index is 763. The number of aromatic hydroxyl groups is 1. The Morgan fingerprint density at radius 3 is 2.73 bits per heavy atom. The molecule has 0 saturated carbocycles. The molecule has 2 N–H and O–H groups in total. The van der Waals surface area contributed by atoms with E-state index in [-0.39, 0.29) is 12.1 Å². The van der Waals surface area contributed by atoms with Gasteiger partial charge in [-0.25, -0.2) is 4.79 Å². The van der Waals surface area contributed by atoms with Gasteiger partial charge in [-0.1, -0.05) is 30.3 Å². The van der Waals surface area contributed by atoms with Crippen LogP contribution in [0.25, 0.3) is 0 Å². The molecule has 0 atom stereocenters. The largest absolute Gasteiger partial charge is 0.494 e. The van der Waals surface area contributed by atoms with Gasteiger partial charge in [0.25, 0.3) is 5.56 Å². The third kappa shape index (κ3) is 3.70. The highest BCUT2D eigenvalue weighted by Crippen LogP contribution is 2.10. The lowest BCUT2D eigenvalue weighted by Crippen LogP contribution is -2.32. The molecule has 0 aliphatic heterocycles. The fraction of sp³-hybridized carbons (Fsp3) is 0.267. The maximum Gasteiger partial charge on any atom is 0.331 e. The zero-order chi connectivity index (χ0) is 15.9. The van der Waals surface area contributed by atoms with E-state index in [2.05, 4.69) is 9.98 Å². The van der Waals surface area contributed by atoms with Crippen molar-refractivity contribution in [2.24, 2.45) is 4.99 Å². The minimum Gasteiger partial charge on any atom is -0.494 e. The molecule has 1 aromatic carbocycles. The number of aliphatic imine (C=N–C) groups is 1. The predicted octanol–water partition coefficient (Wildman–Crippen LogP) is 0.356.